The lowest BCUT2D eigenvalue weighted by Crippen LogP contribution is -2.42. The molecule has 2 heterocycles. The number of thiazole rings is 1. The Bertz CT molecular complexity index is 424. The van der Waals surface area contributed by atoms with E-state index in [0.29, 0.717) is 5.92 Å². The van der Waals surface area contributed by atoms with E-state index in [1.807, 2.05) is 11.8 Å². The van der Waals surface area contributed by atoms with E-state index >= 15 is 0 Å². The van der Waals surface area contributed by atoms with Crippen LogP contribution in [-0.4, -0.2) is 41.5 Å². The topological polar surface area (TPSA) is 45.2 Å². The zero-order valence-electron chi connectivity index (χ0n) is 12.0. The van der Waals surface area contributed by atoms with Crippen molar-refractivity contribution in [3.8, 4) is 0 Å². The number of nitrogens with one attached hydrogen (secondary N) is 1. The molecule has 1 N–H and O–H groups in total. The average molecular weight is 281 g/mol. The highest BCUT2D eigenvalue weighted by atomic mass is 32.1. The highest BCUT2D eigenvalue weighted by Crippen LogP contribution is 2.20. The molecule has 5 heteroatoms. The van der Waals surface area contributed by atoms with Crippen LogP contribution < -0.4 is 5.32 Å². The lowest BCUT2D eigenvalue weighted by atomic mass is 9.97. The van der Waals surface area contributed by atoms with Gasteiger partial charge in [0.25, 0.3) is 5.91 Å². The maximum atomic E-state index is 12.6. The quantitative estimate of drug-likeness (QED) is 0.921. The number of piperidine rings is 1. The molecule has 19 heavy (non-hydrogen) atoms. The number of amides is 1. The van der Waals surface area contributed by atoms with Gasteiger partial charge >= 0.3 is 0 Å². The molecule has 4 nitrogen and oxygen atoms in total. The Morgan fingerprint density at radius 1 is 1.53 bits per heavy atom. The van der Waals surface area contributed by atoms with Gasteiger partial charge in [-0.1, -0.05) is 0 Å². The Labute approximate surface area is 119 Å². The highest BCUT2D eigenvalue weighted by Gasteiger charge is 2.25. The molecule has 106 valence electrons. The summed E-state index contributed by atoms with van der Waals surface area (Å²) < 4.78 is 0. The van der Waals surface area contributed by atoms with E-state index in [4.69, 9.17) is 0 Å². The lowest BCUT2D eigenvalue weighted by Gasteiger charge is -2.32. The second-order valence-corrected chi connectivity index (χ2v) is 6.37. The number of carbonyl (C=O) groups is 1. The summed E-state index contributed by atoms with van der Waals surface area (Å²) in [7, 11) is 0. The Balaban J connectivity index is 2.07. The molecular weight excluding hydrogens is 258 g/mol. The average Bonchev–Trinajstić information content (AvgIpc) is 2.82. The Kier molecular flexibility index (Phi) is 4.93. The number of aromatic nitrogens is 1. The Morgan fingerprint density at radius 2 is 2.21 bits per heavy atom. The first kappa shape index (κ1) is 14.5. The van der Waals surface area contributed by atoms with E-state index in [-0.39, 0.29) is 11.9 Å². The van der Waals surface area contributed by atoms with Gasteiger partial charge in [-0.25, -0.2) is 4.98 Å². The van der Waals surface area contributed by atoms with Crippen LogP contribution in [0.15, 0.2) is 5.51 Å². The van der Waals surface area contributed by atoms with Crippen molar-refractivity contribution < 1.29 is 4.79 Å². The SMILES string of the molecule is Cc1ncsc1C(=O)N(CC1CCNCC1)C(C)C. The normalized spacial score (nSPS) is 16.8. The van der Waals surface area contributed by atoms with Gasteiger partial charge in [-0.2, -0.15) is 0 Å². The van der Waals surface area contributed by atoms with Crippen molar-refractivity contribution >= 4 is 17.2 Å². The van der Waals surface area contributed by atoms with Gasteiger partial charge in [0.15, 0.2) is 0 Å². The summed E-state index contributed by atoms with van der Waals surface area (Å²) in [6.45, 7) is 9.11. The minimum absolute atomic E-state index is 0.147. The molecule has 1 fully saturated rings. The van der Waals surface area contributed by atoms with Crippen LogP contribution in [0.25, 0.3) is 0 Å². The van der Waals surface area contributed by atoms with E-state index in [1.165, 1.54) is 11.3 Å². The molecule has 2 rings (SSSR count). The first-order valence-electron chi connectivity index (χ1n) is 7.01. The van der Waals surface area contributed by atoms with Crippen LogP contribution in [-0.2, 0) is 0 Å². The number of rotatable bonds is 4. The van der Waals surface area contributed by atoms with Crippen molar-refractivity contribution in [2.45, 2.75) is 39.7 Å². The van der Waals surface area contributed by atoms with E-state index in [9.17, 15) is 4.79 Å². The van der Waals surface area contributed by atoms with Crippen LogP contribution in [0, 0.1) is 12.8 Å². The summed E-state index contributed by atoms with van der Waals surface area (Å²) in [4.78, 5) is 19.6. The first-order valence-corrected chi connectivity index (χ1v) is 7.89. The second kappa shape index (κ2) is 6.48. The van der Waals surface area contributed by atoms with Crippen molar-refractivity contribution in [1.29, 1.82) is 0 Å². The van der Waals surface area contributed by atoms with Gasteiger partial charge in [0.1, 0.15) is 4.88 Å². The maximum Gasteiger partial charge on any atom is 0.266 e. The largest absolute Gasteiger partial charge is 0.335 e. The van der Waals surface area contributed by atoms with Crippen LogP contribution in [0.3, 0.4) is 0 Å². The smallest absolute Gasteiger partial charge is 0.266 e. The fourth-order valence-corrected chi connectivity index (χ4v) is 3.27. The van der Waals surface area contributed by atoms with Crippen LogP contribution in [0.5, 0.6) is 0 Å². The minimum Gasteiger partial charge on any atom is -0.335 e. The molecule has 1 aliphatic rings. The predicted molar refractivity (Wildman–Crippen MR) is 78.6 cm³/mol. The van der Waals surface area contributed by atoms with Crippen molar-refractivity contribution in [2.24, 2.45) is 5.92 Å². The molecule has 0 bridgehead atoms. The van der Waals surface area contributed by atoms with E-state index in [1.54, 1.807) is 5.51 Å². The standard InChI is InChI=1S/C14H23N3OS/c1-10(2)17(8-12-4-6-15-7-5-12)14(18)13-11(3)16-9-19-13/h9-10,12,15H,4-8H2,1-3H3. The van der Waals surface area contributed by atoms with E-state index in [0.717, 1.165) is 43.0 Å². The number of hydrogen-bond donors (Lipinski definition) is 1. The molecule has 0 aliphatic carbocycles. The molecule has 1 saturated heterocycles. The van der Waals surface area contributed by atoms with Crippen molar-refractivity contribution in [1.82, 2.24) is 15.2 Å². The fourth-order valence-electron chi connectivity index (χ4n) is 2.51. The summed E-state index contributed by atoms with van der Waals surface area (Å²) in [6.07, 6.45) is 2.33. The molecule has 0 radical (unpaired) electrons. The zero-order chi connectivity index (χ0) is 13.8. The number of carbonyl (C=O) groups excluding carboxylic acids is 1. The molecule has 0 aromatic carbocycles. The molecule has 0 saturated carbocycles. The van der Waals surface area contributed by atoms with E-state index < -0.39 is 0 Å². The molecule has 0 atom stereocenters. The van der Waals surface area contributed by atoms with Crippen molar-refractivity contribution in [3.63, 3.8) is 0 Å². The van der Waals surface area contributed by atoms with Crippen molar-refractivity contribution in [3.05, 3.63) is 16.1 Å². The summed E-state index contributed by atoms with van der Waals surface area (Å²) in [5, 5.41) is 3.37. The van der Waals surface area contributed by atoms with Gasteiger partial charge in [-0.05, 0) is 52.6 Å². The molecule has 1 aromatic heterocycles. The first-order chi connectivity index (χ1) is 9.09. The van der Waals surface area contributed by atoms with Gasteiger partial charge in [-0.3, -0.25) is 4.79 Å². The highest BCUT2D eigenvalue weighted by molar-refractivity contribution is 7.11. The number of nitrogens with zero attached hydrogens (tertiary/aromatic N) is 2. The second-order valence-electron chi connectivity index (χ2n) is 5.51. The predicted octanol–water partition coefficient (Wildman–Crippen LogP) is 2.30. The van der Waals surface area contributed by atoms with Gasteiger partial charge in [-0.15, -0.1) is 11.3 Å². The summed E-state index contributed by atoms with van der Waals surface area (Å²) >= 11 is 1.45. The third-order valence-corrected chi connectivity index (χ3v) is 4.65. The molecule has 0 spiro atoms. The monoisotopic (exact) mass is 281 g/mol. The van der Waals surface area contributed by atoms with Gasteiger partial charge in [0.2, 0.25) is 0 Å². The summed E-state index contributed by atoms with van der Waals surface area (Å²) in [5.41, 5.74) is 2.61. The van der Waals surface area contributed by atoms with Crippen LogP contribution in [0.4, 0.5) is 0 Å². The van der Waals surface area contributed by atoms with Gasteiger partial charge < -0.3 is 10.2 Å². The minimum atomic E-state index is 0.147. The maximum absolute atomic E-state index is 12.6. The van der Waals surface area contributed by atoms with Crippen molar-refractivity contribution in [2.75, 3.05) is 19.6 Å². The van der Waals surface area contributed by atoms with Crippen LogP contribution >= 0.6 is 11.3 Å². The zero-order valence-corrected chi connectivity index (χ0v) is 12.8. The molecule has 1 amide bonds. The van der Waals surface area contributed by atoms with E-state index in [2.05, 4.69) is 24.1 Å². The Morgan fingerprint density at radius 3 is 2.74 bits per heavy atom. The number of aryl methyl sites for hydroxylation is 1. The van der Waals surface area contributed by atoms with Gasteiger partial charge in [0.05, 0.1) is 11.2 Å². The molecule has 1 aromatic rings. The van der Waals surface area contributed by atoms with Crippen LogP contribution in [0.2, 0.25) is 0 Å². The molecular formula is C14H23N3OS. The fraction of sp³-hybridized carbons (Fsp3) is 0.714. The lowest BCUT2D eigenvalue weighted by molar-refractivity contribution is 0.0662. The number of hydrogen-bond acceptors (Lipinski definition) is 4. The molecule has 0 unspecified atom stereocenters. The summed E-state index contributed by atoms with van der Waals surface area (Å²) in [5.74, 6) is 0.773. The van der Waals surface area contributed by atoms with Crippen LogP contribution in [0.1, 0.15) is 42.1 Å². The Hall–Kier alpha value is -0.940. The third-order valence-electron chi connectivity index (χ3n) is 3.74. The third kappa shape index (κ3) is 3.54. The molecule has 1 aliphatic heterocycles. The summed E-state index contributed by atoms with van der Waals surface area (Å²) in [6, 6.07) is 0.240. The van der Waals surface area contributed by atoms with Gasteiger partial charge in [0, 0.05) is 12.6 Å².